The highest BCUT2D eigenvalue weighted by atomic mass is 16.6. The van der Waals surface area contributed by atoms with Crippen molar-refractivity contribution in [3.05, 3.63) is 62.8 Å². The van der Waals surface area contributed by atoms with E-state index in [0.29, 0.717) is 61.8 Å². The SMILES string of the molecule is CCNC(=O)[C@@H]1O[C@@H](n2cnc3c(N)nc(Nc4ccc(CNCCc5nc6c(c(=O)n(CC)c(=O)n6CC)n5C)cc4)nc32)[C@H](O)[C@@H]1O. The smallest absolute Gasteiger partial charge is 0.332 e. The zero-order valence-corrected chi connectivity index (χ0v) is 27.6. The van der Waals surface area contributed by atoms with Crippen molar-refractivity contribution in [2.24, 2.45) is 7.05 Å². The lowest BCUT2D eigenvalue weighted by Gasteiger charge is -2.17. The second kappa shape index (κ2) is 13.7. The fourth-order valence-electron chi connectivity index (χ4n) is 6.02. The average Bonchev–Trinajstić information content (AvgIpc) is 3.74. The molecule has 1 amide bonds. The highest BCUT2D eigenvalue weighted by Crippen LogP contribution is 2.33. The number of amides is 1. The van der Waals surface area contributed by atoms with Crippen LogP contribution in [0.15, 0.2) is 40.2 Å². The normalized spacial score (nSPS) is 19.2. The summed E-state index contributed by atoms with van der Waals surface area (Å²) < 4.78 is 11.7. The van der Waals surface area contributed by atoms with E-state index in [-0.39, 0.29) is 34.2 Å². The van der Waals surface area contributed by atoms with Crippen molar-refractivity contribution >= 4 is 45.7 Å². The van der Waals surface area contributed by atoms with Crippen LogP contribution in [-0.4, -0.2) is 85.7 Å². The second-order valence-electron chi connectivity index (χ2n) is 11.7. The van der Waals surface area contributed by atoms with E-state index in [1.54, 1.807) is 25.5 Å². The molecule has 1 saturated heterocycles. The average molecular weight is 677 g/mol. The standard InChI is InChI=1S/C31H40N12O6/c1-5-34-27(46)23-21(44)22(45)29(49-23)43-15-35-19-24(32)38-30(39-25(19)43)36-17-10-8-16(9-11-17)14-33-13-12-18-37-26-20(40(18)4)28(47)42(7-3)31(48)41(26)6-2/h8-11,15,21-23,29,33,44-45H,5-7,12-14H2,1-4H3,(H,34,46)(H3,32,36,38,39)/t21-,22+,23+,29+/m0/s1. The Balaban J connectivity index is 1.10. The number of carbonyl (C=O) groups excluding carboxylic acids is 1. The number of carbonyl (C=O) groups is 1. The maximum atomic E-state index is 13.0. The molecule has 6 rings (SSSR count). The summed E-state index contributed by atoms with van der Waals surface area (Å²) in [6.45, 7) is 7.59. The summed E-state index contributed by atoms with van der Waals surface area (Å²) >= 11 is 0. The Hall–Kier alpha value is -5.17. The number of likely N-dealkylation sites (N-methyl/N-ethyl adjacent to an activating group) is 1. The van der Waals surface area contributed by atoms with Crippen molar-refractivity contribution in [2.75, 3.05) is 24.1 Å². The van der Waals surface area contributed by atoms with Crippen LogP contribution in [0.3, 0.4) is 0 Å². The lowest BCUT2D eigenvalue weighted by Crippen LogP contribution is -2.42. The second-order valence-corrected chi connectivity index (χ2v) is 11.7. The van der Waals surface area contributed by atoms with E-state index in [2.05, 4.69) is 35.9 Å². The van der Waals surface area contributed by atoms with Gasteiger partial charge in [-0.2, -0.15) is 9.97 Å². The molecule has 4 atom stereocenters. The number of aromatic nitrogens is 8. The number of hydrogen-bond acceptors (Lipinski definition) is 13. The van der Waals surface area contributed by atoms with Gasteiger partial charge in [0.2, 0.25) is 5.95 Å². The Morgan fingerprint density at radius 3 is 2.43 bits per heavy atom. The maximum absolute atomic E-state index is 13.0. The molecule has 260 valence electrons. The third kappa shape index (κ3) is 6.14. The number of aliphatic hydroxyl groups excluding tert-OH is 2. The number of benzene rings is 1. The quantitative estimate of drug-likeness (QED) is 0.0915. The number of nitrogen functional groups attached to an aromatic ring is 1. The molecule has 0 spiro atoms. The number of nitrogens with zero attached hydrogens (tertiary/aromatic N) is 8. The van der Waals surface area contributed by atoms with Crippen LogP contribution in [0.4, 0.5) is 17.5 Å². The molecule has 5 aromatic rings. The number of anilines is 3. The molecule has 7 N–H and O–H groups in total. The van der Waals surface area contributed by atoms with E-state index in [4.69, 9.17) is 10.5 Å². The summed E-state index contributed by atoms with van der Waals surface area (Å²) in [5, 5.41) is 30.3. The molecule has 1 aliphatic rings. The molecular formula is C31H40N12O6. The summed E-state index contributed by atoms with van der Waals surface area (Å²) in [5.74, 6) is 0.438. The molecular weight excluding hydrogens is 636 g/mol. The Labute approximate surface area is 279 Å². The molecule has 4 aromatic heterocycles. The Morgan fingerprint density at radius 2 is 1.73 bits per heavy atom. The van der Waals surface area contributed by atoms with E-state index in [9.17, 15) is 24.6 Å². The number of imidazole rings is 2. The largest absolute Gasteiger partial charge is 0.387 e. The van der Waals surface area contributed by atoms with Crippen molar-refractivity contribution in [3.63, 3.8) is 0 Å². The summed E-state index contributed by atoms with van der Waals surface area (Å²) in [5.41, 5.74) is 8.55. The summed E-state index contributed by atoms with van der Waals surface area (Å²) in [7, 11) is 1.80. The van der Waals surface area contributed by atoms with E-state index in [0.717, 1.165) is 5.56 Å². The molecule has 0 unspecified atom stereocenters. The van der Waals surface area contributed by atoms with E-state index in [1.807, 2.05) is 31.2 Å². The minimum Gasteiger partial charge on any atom is -0.387 e. The predicted molar refractivity (Wildman–Crippen MR) is 180 cm³/mol. The van der Waals surface area contributed by atoms with Gasteiger partial charge < -0.3 is 41.2 Å². The number of rotatable bonds is 12. The first-order chi connectivity index (χ1) is 23.6. The topological polar surface area (TPSA) is 234 Å². The fourth-order valence-corrected chi connectivity index (χ4v) is 6.02. The molecule has 1 aromatic carbocycles. The molecule has 0 aliphatic carbocycles. The molecule has 1 fully saturated rings. The van der Waals surface area contributed by atoms with Crippen LogP contribution < -0.4 is 32.9 Å². The van der Waals surface area contributed by atoms with Gasteiger partial charge in [-0.15, -0.1) is 0 Å². The van der Waals surface area contributed by atoms with Crippen molar-refractivity contribution in [1.82, 2.24) is 48.8 Å². The van der Waals surface area contributed by atoms with Crippen molar-refractivity contribution in [1.29, 1.82) is 0 Å². The summed E-state index contributed by atoms with van der Waals surface area (Å²) in [6.07, 6.45) is -3.34. The Bertz CT molecular complexity index is 2120. The lowest BCUT2D eigenvalue weighted by molar-refractivity contribution is -0.137. The van der Waals surface area contributed by atoms with Gasteiger partial charge in [-0.05, 0) is 38.5 Å². The van der Waals surface area contributed by atoms with Crippen LogP contribution in [0, 0.1) is 0 Å². The number of fused-ring (bicyclic) bond motifs is 2. The molecule has 0 radical (unpaired) electrons. The number of aryl methyl sites for hydroxylation is 2. The zero-order chi connectivity index (χ0) is 35.0. The number of hydrogen-bond donors (Lipinski definition) is 6. The molecule has 5 heterocycles. The summed E-state index contributed by atoms with van der Waals surface area (Å²) in [6, 6.07) is 7.61. The van der Waals surface area contributed by atoms with E-state index < -0.39 is 30.4 Å². The monoisotopic (exact) mass is 676 g/mol. The number of nitrogens with two attached hydrogens (primary N) is 1. The fraction of sp³-hybridized carbons (Fsp3) is 0.452. The first kappa shape index (κ1) is 33.7. The van der Waals surface area contributed by atoms with Crippen LogP contribution in [0.25, 0.3) is 22.3 Å². The van der Waals surface area contributed by atoms with Crippen molar-refractivity contribution < 1.29 is 19.7 Å². The van der Waals surface area contributed by atoms with Crippen LogP contribution in [0.5, 0.6) is 0 Å². The van der Waals surface area contributed by atoms with Gasteiger partial charge in [-0.3, -0.25) is 23.3 Å². The first-order valence-corrected chi connectivity index (χ1v) is 16.1. The number of nitrogens with one attached hydrogen (secondary N) is 3. The number of ether oxygens (including phenoxy) is 1. The third-order valence-corrected chi connectivity index (χ3v) is 8.60. The van der Waals surface area contributed by atoms with Gasteiger partial charge in [0, 0.05) is 51.9 Å². The molecule has 49 heavy (non-hydrogen) atoms. The van der Waals surface area contributed by atoms with Crippen LogP contribution >= 0.6 is 0 Å². The van der Waals surface area contributed by atoms with E-state index >= 15 is 0 Å². The van der Waals surface area contributed by atoms with Gasteiger partial charge in [-0.1, -0.05) is 12.1 Å². The van der Waals surface area contributed by atoms with Crippen molar-refractivity contribution in [3.8, 4) is 0 Å². The molecule has 0 bridgehead atoms. The lowest BCUT2D eigenvalue weighted by atomic mass is 10.1. The van der Waals surface area contributed by atoms with Gasteiger partial charge >= 0.3 is 5.69 Å². The summed E-state index contributed by atoms with van der Waals surface area (Å²) in [4.78, 5) is 55.8. The Kier molecular flexibility index (Phi) is 9.46. The van der Waals surface area contributed by atoms with Gasteiger partial charge in [0.15, 0.2) is 35.0 Å². The van der Waals surface area contributed by atoms with Crippen LogP contribution in [-0.2, 0) is 42.6 Å². The number of aliphatic hydroxyl groups is 2. The third-order valence-electron chi connectivity index (χ3n) is 8.60. The van der Waals surface area contributed by atoms with Crippen molar-refractivity contribution in [2.45, 2.75) is 71.4 Å². The predicted octanol–water partition coefficient (Wildman–Crippen LogP) is -0.510. The zero-order valence-electron chi connectivity index (χ0n) is 27.6. The minimum absolute atomic E-state index is 0.0926. The Morgan fingerprint density at radius 1 is 1.00 bits per heavy atom. The van der Waals surface area contributed by atoms with Crippen LogP contribution in [0.1, 0.15) is 38.4 Å². The molecule has 18 nitrogen and oxygen atoms in total. The molecule has 0 saturated carbocycles. The highest BCUT2D eigenvalue weighted by Gasteiger charge is 2.47. The van der Waals surface area contributed by atoms with Crippen LogP contribution in [0.2, 0.25) is 0 Å². The van der Waals surface area contributed by atoms with Gasteiger partial charge in [-0.25, -0.2) is 14.8 Å². The molecule has 18 heteroatoms. The van der Waals surface area contributed by atoms with Gasteiger partial charge in [0.25, 0.3) is 11.5 Å². The minimum atomic E-state index is -1.45. The maximum Gasteiger partial charge on any atom is 0.332 e. The van der Waals surface area contributed by atoms with Gasteiger partial charge in [0.05, 0.1) is 6.33 Å². The highest BCUT2D eigenvalue weighted by molar-refractivity contribution is 5.84. The van der Waals surface area contributed by atoms with E-state index in [1.165, 1.54) is 20.0 Å². The van der Waals surface area contributed by atoms with Gasteiger partial charge in [0.1, 0.15) is 23.5 Å². The first-order valence-electron chi connectivity index (χ1n) is 16.1. The molecule has 1 aliphatic heterocycles.